The van der Waals surface area contributed by atoms with E-state index in [2.05, 4.69) is 5.32 Å². The van der Waals surface area contributed by atoms with E-state index in [0.29, 0.717) is 18.6 Å². The summed E-state index contributed by atoms with van der Waals surface area (Å²) in [6.45, 7) is 10.6. The van der Waals surface area contributed by atoms with Crippen LogP contribution in [0.3, 0.4) is 0 Å². The zero-order valence-electron chi connectivity index (χ0n) is 18.3. The van der Waals surface area contributed by atoms with E-state index in [1.165, 1.54) is 27.1 Å². The molecule has 1 aromatic heterocycles. The summed E-state index contributed by atoms with van der Waals surface area (Å²) in [5.74, 6) is -0.418. The van der Waals surface area contributed by atoms with Gasteiger partial charge in [0.05, 0.1) is 10.4 Å². The molecule has 1 N–H and O–H groups in total. The Morgan fingerprint density at radius 2 is 1.87 bits per heavy atom. The van der Waals surface area contributed by atoms with E-state index in [9.17, 15) is 18.0 Å². The molecule has 166 valence electrons. The number of oxazole rings is 1. The van der Waals surface area contributed by atoms with Gasteiger partial charge < -0.3 is 9.73 Å². The molecular formula is C21H31N3O5S. The predicted octanol–water partition coefficient (Wildman–Crippen LogP) is 2.57. The van der Waals surface area contributed by atoms with Crippen molar-refractivity contribution in [2.75, 3.05) is 13.1 Å². The van der Waals surface area contributed by atoms with Crippen molar-refractivity contribution in [2.45, 2.75) is 64.4 Å². The maximum absolute atomic E-state index is 13.1. The molecule has 1 amide bonds. The third-order valence-corrected chi connectivity index (χ3v) is 7.60. The van der Waals surface area contributed by atoms with Gasteiger partial charge in [0.2, 0.25) is 15.9 Å². The average Bonchev–Trinajstić information content (AvgIpc) is 2.95. The lowest BCUT2D eigenvalue weighted by Crippen LogP contribution is -2.44. The molecule has 2 atom stereocenters. The Morgan fingerprint density at radius 1 is 1.23 bits per heavy atom. The van der Waals surface area contributed by atoms with E-state index < -0.39 is 15.8 Å². The highest BCUT2D eigenvalue weighted by Crippen LogP contribution is 2.28. The summed E-state index contributed by atoms with van der Waals surface area (Å²) < 4.78 is 34.2. The lowest BCUT2D eigenvalue weighted by molar-refractivity contribution is -0.123. The number of piperidine rings is 1. The predicted molar refractivity (Wildman–Crippen MR) is 115 cm³/mol. The fourth-order valence-electron chi connectivity index (χ4n) is 3.96. The molecule has 30 heavy (non-hydrogen) atoms. The molecule has 0 radical (unpaired) electrons. The summed E-state index contributed by atoms with van der Waals surface area (Å²) in [6.07, 6.45) is 1.74. The maximum atomic E-state index is 13.1. The summed E-state index contributed by atoms with van der Waals surface area (Å²) >= 11 is 0. The monoisotopic (exact) mass is 437 g/mol. The van der Waals surface area contributed by atoms with E-state index in [1.54, 1.807) is 0 Å². The van der Waals surface area contributed by atoms with E-state index in [4.69, 9.17) is 4.42 Å². The Balaban J connectivity index is 1.89. The molecule has 0 aliphatic carbocycles. The highest BCUT2D eigenvalue weighted by atomic mass is 32.2. The normalized spacial score (nSPS) is 21.1. The van der Waals surface area contributed by atoms with Gasteiger partial charge in [-0.2, -0.15) is 4.31 Å². The Kier molecular flexibility index (Phi) is 6.15. The molecule has 3 rings (SSSR count). The van der Waals surface area contributed by atoms with E-state index in [1.807, 2.05) is 34.6 Å². The number of nitrogens with one attached hydrogen (secondary N) is 1. The van der Waals surface area contributed by atoms with Gasteiger partial charge in [-0.1, -0.05) is 20.8 Å². The fourth-order valence-corrected chi connectivity index (χ4v) is 5.65. The van der Waals surface area contributed by atoms with Crippen LogP contribution in [0.15, 0.2) is 32.3 Å². The topological polar surface area (TPSA) is 102 Å². The number of benzene rings is 1. The smallest absolute Gasteiger partial charge is 0.408 e. The van der Waals surface area contributed by atoms with E-state index in [0.717, 1.165) is 12.8 Å². The molecule has 8 nitrogen and oxygen atoms in total. The first-order valence-electron chi connectivity index (χ1n) is 10.4. The van der Waals surface area contributed by atoms with Crippen molar-refractivity contribution in [2.24, 2.45) is 11.8 Å². The highest BCUT2D eigenvalue weighted by Gasteiger charge is 2.32. The summed E-state index contributed by atoms with van der Waals surface area (Å²) in [6, 6.07) is 4.38. The van der Waals surface area contributed by atoms with Crippen LogP contribution in [0.5, 0.6) is 0 Å². The van der Waals surface area contributed by atoms with Gasteiger partial charge in [0.15, 0.2) is 5.58 Å². The number of sulfonamides is 1. The van der Waals surface area contributed by atoms with Gasteiger partial charge in [0, 0.05) is 24.7 Å². The summed E-state index contributed by atoms with van der Waals surface area (Å²) in [5, 5.41) is 2.88. The number of fused-ring (bicyclic) bond motifs is 1. The van der Waals surface area contributed by atoms with Crippen molar-refractivity contribution in [3.05, 3.63) is 28.7 Å². The number of carbonyl (C=O) groups excluding carboxylic acids is 1. The second-order valence-corrected chi connectivity index (χ2v) is 11.1. The largest absolute Gasteiger partial charge is 0.420 e. The number of carbonyl (C=O) groups is 1. The molecule has 0 bridgehead atoms. The molecule has 1 saturated heterocycles. The lowest BCUT2D eigenvalue weighted by atomic mass is 9.94. The average molecular weight is 438 g/mol. The molecule has 1 aromatic carbocycles. The van der Waals surface area contributed by atoms with Crippen LogP contribution in [0.1, 0.15) is 47.5 Å². The van der Waals surface area contributed by atoms with Crippen LogP contribution in [0, 0.1) is 11.8 Å². The standard InChI is InChI=1S/C21H31N3O5S/c1-6-21(4,5)22-19(25)13-24-17-8-7-16(10-18(17)29-20(24)26)30(27,28)23-11-14(2)9-15(3)12-23/h7-8,10,14-15H,6,9,11-13H2,1-5H3,(H,22,25)/t14-,15-/m1/s1. The van der Waals surface area contributed by atoms with Crippen molar-refractivity contribution >= 4 is 27.0 Å². The second kappa shape index (κ2) is 8.19. The summed E-state index contributed by atoms with van der Waals surface area (Å²) in [4.78, 5) is 24.8. The Morgan fingerprint density at radius 3 is 2.47 bits per heavy atom. The van der Waals surface area contributed by atoms with Crippen LogP contribution < -0.4 is 11.1 Å². The van der Waals surface area contributed by atoms with Crippen molar-refractivity contribution in [1.29, 1.82) is 0 Å². The quantitative estimate of drug-likeness (QED) is 0.748. The van der Waals surface area contributed by atoms with Gasteiger partial charge >= 0.3 is 5.76 Å². The fraction of sp³-hybridized carbons (Fsp3) is 0.619. The molecule has 1 aliphatic heterocycles. The SMILES string of the molecule is CCC(C)(C)NC(=O)Cn1c(=O)oc2cc(S(=O)(=O)N3C[C@H](C)C[C@@H](C)C3)ccc21. The molecule has 9 heteroatoms. The van der Waals surface area contributed by atoms with Crippen LogP contribution in [-0.4, -0.2) is 41.8 Å². The summed E-state index contributed by atoms with van der Waals surface area (Å²) in [5.41, 5.74) is 0.162. The van der Waals surface area contributed by atoms with Crippen LogP contribution in [0.25, 0.3) is 11.1 Å². The molecule has 1 aliphatic rings. The third-order valence-electron chi connectivity index (χ3n) is 5.78. The molecule has 0 saturated carbocycles. The Bertz CT molecular complexity index is 1090. The van der Waals surface area contributed by atoms with Gasteiger partial charge in [-0.25, -0.2) is 13.2 Å². The molecule has 0 spiro atoms. The van der Waals surface area contributed by atoms with Crippen molar-refractivity contribution in [1.82, 2.24) is 14.2 Å². The zero-order valence-corrected chi connectivity index (χ0v) is 19.1. The first kappa shape index (κ1) is 22.6. The minimum atomic E-state index is -3.69. The first-order chi connectivity index (χ1) is 13.9. The number of hydrogen-bond donors (Lipinski definition) is 1. The highest BCUT2D eigenvalue weighted by molar-refractivity contribution is 7.89. The molecule has 2 heterocycles. The van der Waals surface area contributed by atoms with Crippen molar-refractivity contribution in [3.63, 3.8) is 0 Å². The number of amides is 1. The van der Waals surface area contributed by atoms with E-state index >= 15 is 0 Å². The van der Waals surface area contributed by atoms with E-state index in [-0.39, 0.29) is 40.3 Å². The maximum Gasteiger partial charge on any atom is 0.420 e. The van der Waals surface area contributed by atoms with Gasteiger partial charge in [-0.15, -0.1) is 0 Å². The Labute approximate surface area is 177 Å². The number of nitrogens with zero attached hydrogens (tertiary/aromatic N) is 2. The van der Waals surface area contributed by atoms with Gasteiger partial charge in [0.1, 0.15) is 6.54 Å². The number of aromatic nitrogens is 1. The third kappa shape index (κ3) is 4.62. The summed E-state index contributed by atoms with van der Waals surface area (Å²) in [7, 11) is -3.69. The Hall–Kier alpha value is -2.13. The lowest BCUT2D eigenvalue weighted by Gasteiger charge is -2.34. The second-order valence-electron chi connectivity index (χ2n) is 9.14. The minimum Gasteiger partial charge on any atom is -0.408 e. The molecule has 2 aromatic rings. The molecule has 0 unspecified atom stereocenters. The molecular weight excluding hydrogens is 406 g/mol. The number of hydrogen-bond acceptors (Lipinski definition) is 5. The molecule has 1 fully saturated rings. The van der Waals surface area contributed by atoms with Gasteiger partial charge in [-0.05, 0) is 50.7 Å². The zero-order chi connectivity index (χ0) is 22.3. The number of rotatable bonds is 6. The van der Waals surface area contributed by atoms with Crippen molar-refractivity contribution in [3.8, 4) is 0 Å². The van der Waals surface area contributed by atoms with Crippen LogP contribution >= 0.6 is 0 Å². The van der Waals surface area contributed by atoms with Crippen LogP contribution in [0.2, 0.25) is 0 Å². The van der Waals surface area contributed by atoms with Gasteiger partial charge in [-0.3, -0.25) is 9.36 Å². The minimum absolute atomic E-state index is 0.0915. The first-order valence-corrected chi connectivity index (χ1v) is 11.8. The van der Waals surface area contributed by atoms with Crippen molar-refractivity contribution < 1.29 is 17.6 Å². The van der Waals surface area contributed by atoms with Crippen LogP contribution in [-0.2, 0) is 21.4 Å². The van der Waals surface area contributed by atoms with Gasteiger partial charge in [0.25, 0.3) is 0 Å². The van der Waals surface area contributed by atoms with Crippen LogP contribution in [0.4, 0.5) is 0 Å².